The van der Waals surface area contributed by atoms with Gasteiger partial charge in [-0.15, -0.1) is 11.3 Å². The van der Waals surface area contributed by atoms with Gasteiger partial charge in [0, 0.05) is 13.1 Å². The van der Waals surface area contributed by atoms with Crippen LogP contribution in [0.3, 0.4) is 0 Å². The standard InChI is InChI=1S/C19H20N6O2S2/c1-12-19(13(2)25(3)23-12)24-29(26,27)14-8-9-17(20-10-14)21-11-18-22-15-6-4-5-7-16(15)28-18/h4-10H,11H2,1-3H3,(H2-,20,21,24,26,27)/p+1. The van der Waals surface area contributed by atoms with E-state index >= 15 is 0 Å². The molecule has 0 saturated heterocycles. The Labute approximate surface area is 173 Å². The SMILES string of the molecule is Cc1nn(C)c(C)c1N[S+](=O)(O)c1ccc(NCc2nc3ccccc3s2)nc1. The molecule has 4 rings (SSSR count). The molecule has 150 valence electrons. The van der Waals surface area contributed by atoms with Crippen LogP contribution in [0.1, 0.15) is 16.4 Å². The molecular weight excluding hydrogens is 408 g/mol. The fourth-order valence-electron chi connectivity index (χ4n) is 2.93. The van der Waals surface area contributed by atoms with Gasteiger partial charge in [-0.3, -0.25) is 4.68 Å². The van der Waals surface area contributed by atoms with Crippen LogP contribution in [0, 0.1) is 13.8 Å². The normalized spacial score (nSPS) is 13.4. The van der Waals surface area contributed by atoms with Gasteiger partial charge < -0.3 is 5.32 Å². The van der Waals surface area contributed by atoms with Crippen molar-refractivity contribution in [3.05, 3.63) is 59.0 Å². The third kappa shape index (κ3) is 4.00. The first-order valence-electron chi connectivity index (χ1n) is 8.92. The summed E-state index contributed by atoms with van der Waals surface area (Å²) in [6, 6.07) is 11.3. The topological polar surface area (TPSA) is 105 Å². The molecule has 1 unspecified atom stereocenters. The zero-order valence-corrected chi connectivity index (χ0v) is 17.8. The Balaban J connectivity index is 1.45. The van der Waals surface area contributed by atoms with Crippen LogP contribution in [0.15, 0.2) is 47.5 Å². The number of hydrogen-bond acceptors (Lipinski definition) is 6. The number of aromatic nitrogens is 4. The minimum Gasteiger partial charge on any atom is -0.364 e. The summed E-state index contributed by atoms with van der Waals surface area (Å²) in [5.74, 6) is 0.608. The van der Waals surface area contributed by atoms with Crippen molar-refractivity contribution in [2.75, 3.05) is 10.0 Å². The lowest BCUT2D eigenvalue weighted by molar-refractivity contribution is 0.502. The Morgan fingerprint density at radius 2 is 2.00 bits per heavy atom. The molecule has 0 radical (unpaired) electrons. The van der Waals surface area contributed by atoms with Gasteiger partial charge in [0.2, 0.25) is 4.90 Å². The molecule has 4 aromatic rings. The van der Waals surface area contributed by atoms with E-state index in [0.29, 0.717) is 23.7 Å². The Bertz CT molecular complexity index is 1180. The molecule has 0 bridgehead atoms. The summed E-state index contributed by atoms with van der Waals surface area (Å²) in [5.41, 5.74) is 2.97. The number of hydrogen-bond donors (Lipinski definition) is 3. The Hall–Kier alpha value is -2.82. The van der Waals surface area contributed by atoms with Crippen molar-refractivity contribution in [1.82, 2.24) is 19.7 Å². The van der Waals surface area contributed by atoms with Gasteiger partial charge in [0.1, 0.15) is 16.5 Å². The second-order valence-electron chi connectivity index (χ2n) is 6.61. The number of thiazole rings is 1. The van der Waals surface area contributed by atoms with E-state index in [1.165, 1.54) is 6.20 Å². The van der Waals surface area contributed by atoms with Gasteiger partial charge in [-0.1, -0.05) is 12.1 Å². The van der Waals surface area contributed by atoms with Crippen LogP contribution in [0.4, 0.5) is 11.5 Å². The van der Waals surface area contributed by atoms with E-state index in [4.69, 9.17) is 0 Å². The largest absolute Gasteiger partial charge is 0.364 e. The van der Waals surface area contributed by atoms with E-state index in [1.54, 1.807) is 42.1 Å². The molecule has 8 nitrogen and oxygen atoms in total. The van der Waals surface area contributed by atoms with Crippen molar-refractivity contribution in [3.63, 3.8) is 0 Å². The Kier molecular flexibility index (Phi) is 5.07. The van der Waals surface area contributed by atoms with E-state index in [0.717, 1.165) is 20.9 Å². The lowest BCUT2D eigenvalue weighted by atomic mass is 10.3. The third-order valence-electron chi connectivity index (χ3n) is 4.56. The Morgan fingerprint density at radius 3 is 2.66 bits per heavy atom. The van der Waals surface area contributed by atoms with Gasteiger partial charge in [0.15, 0.2) is 0 Å². The molecule has 0 amide bonds. The van der Waals surface area contributed by atoms with Crippen LogP contribution in [0.2, 0.25) is 0 Å². The number of nitrogens with zero attached hydrogens (tertiary/aromatic N) is 4. The summed E-state index contributed by atoms with van der Waals surface area (Å²) in [5, 5.41) is 8.41. The Morgan fingerprint density at radius 1 is 1.21 bits per heavy atom. The van der Waals surface area contributed by atoms with Crippen LogP contribution >= 0.6 is 11.3 Å². The maximum Gasteiger partial charge on any atom is 0.347 e. The number of rotatable bonds is 6. The van der Waals surface area contributed by atoms with E-state index in [1.807, 2.05) is 31.2 Å². The molecular formula is C19H21N6O2S2+. The van der Waals surface area contributed by atoms with Crippen molar-refractivity contribution in [3.8, 4) is 0 Å². The van der Waals surface area contributed by atoms with Crippen molar-refractivity contribution in [2.24, 2.45) is 7.05 Å². The van der Waals surface area contributed by atoms with Gasteiger partial charge in [-0.05, 0) is 36.3 Å². The van der Waals surface area contributed by atoms with E-state index in [9.17, 15) is 8.76 Å². The first-order valence-corrected chi connectivity index (χ1v) is 11.3. The third-order valence-corrected chi connectivity index (χ3v) is 6.96. The molecule has 1 atom stereocenters. The van der Waals surface area contributed by atoms with Crippen LogP contribution in [0.25, 0.3) is 10.2 Å². The summed E-state index contributed by atoms with van der Waals surface area (Å²) in [7, 11) is -1.71. The van der Waals surface area contributed by atoms with E-state index in [2.05, 4.69) is 25.1 Å². The molecule has 10 heteroatoms. The summed E-state index contributed by atoms with van der Waals surface area (Å²) in [4.78, 5) is 9.05. The van der Waals surface area contributed by atoms with Crippen molar-refractivity contribution in [2.45, 2.75) is 25.3 Å². The van der Waals surface area contributed by atoms with Crippen molar-refractivity contribution < 1.29 is 8.76 Å². The molecule has 0 aliphatic rings. The first kappa shape index (κ1) is 19.5. The van der Waals surface area contributed by atoms with Crippen LogP contribution in [-0.4, -0.2) is 24.3 Å². The minimum atomic E-state index is -3.50. The lowest BCUT2D eigenvalue weighted by Gasteiger charge is -2.08. The van der Waals surface area contributed by atoms with Crippen LogP contribution < -0.4 is 10.0 Å². The maximum atomic E-state index is 12.8. The summed E-state index contributed by atoms with van der Waals surface area (Å²) >= 11 is 1.62. The average molecular weight is 430 g/mol. The molecule has 0 saturated carbocycles. The molecule has 0 aliphatic heterocycles. The number of anilines is 2. The highest BCUT2D eigenvalue weighted by molar-refractivity contribution is 7.99. The highest BCUT2D eigenvalue weighted by atomic mass is 32.3. The maximum absolute atomic E-state index is 12.8. The molecule has 3 N–H and O–H groups in total. The highest BCUT2D eigenvalue weighted by Crippen LogP contribution is 2.26. The number of benzene rings is 1. The molecule has 0 spiro atoms. The molecule has 29 heavy (non-hydrogen) atoms. The average Bonchev–Trinajstić information content (AvgIpc) is 3.22. The fraction of sp³-hybridized carbons (Fsp3) is 0.211. The number of aryl methyl sites for hydroxylation is 2. The number of para-hydroxylation sites is 1. The van der Waals surface area contributed by atoms with Crippen molar-refractivity contribution in [1.29, 1.82) is 0 Å². The van der Waals surface area contributed by atoms with Gasteiger partial charge in [-0.25, -0.2) is 9.97 Å². The number of nitrogens with one attached hydrogen (secondary N) is 2. The monoisotopic (exact) mass is 429 g/mol. The predicted octanol–water partition coefficient (Wildman–Crippen LogP) is 4.01. The molecule has 0 fully saturated rings. The lowest BCUT2D eigenvalue weighted by Crippen LogP contribution is -2.21. The summed E-state index contributed by atoms with van der Waals surface area (Å²) in [6.07, 6.45) is 1.40. The quantitative estimate of drug-likeness (QED) is 0.400. The fourth-order valence-corrected chi connectivity index (χ4v) is 4.97. The first-order chi connectivity index (χ1) is 13.8. The summed E-state index contributed by atoms with van der Waals surface area (Å²) < 4.78 is 28.8. The second kappa shape index (κ2) is 7.54. The molecule has 3 aromatic heterocycles. The van der Waals surface area contributed by atoms with E-state index < -0.39 is 10.4 Å². The smallest absolute Gasteiger partial charge is 0.347 e. The number of pyridine rings is 1. The number of fused-ring (bicyclic) bond motifs is 1. The van der Waals surface area contributed by atoms with Crippen molar-refractivity contribution >= 4 is 43.5 Å². The summed E-state index contributed by atoms with van der Waals surface area (Å²) in [6.45, 7) is 4.16. The van der Waals surface area contributed by atoms with Crippen LogP contribution in [0.5, 0.6) is 0 Å². The zero-order valence-electron chi connectivity index (χ0n) is 16.2. The van der Waals surface area contributed by atoms with E-state index in [-0.39, 0.29) is 4.90 Å². The van der Waals surface area contributed by atoms with Gasteiger partial charge >= 0.3 is 10.4 Å². The zero-order chi connectivity index (χ0) is 20.6. The van der Waals surface area contributed by atoms with Gasteiger partial charge in [0.05, 0.1) is 34.3 Å². The predicted molar refractivity (Wildman–Crippen MR) is 116 cm³/mol. The molecule has 1 aromatic carbocycles. The molecule has 0 aliphatic carbocycles. The van der Waals surface area contributed by atoms with Gasteiger partial charge in [-0.2, -0.15) is 14.4 Å². The molecule has 3 heterocycles. The highest BCUT2D eigenvalue weighted by Gasteiger charge is 2.32. The van der Waals surface area contributed by atoms with Gasteiger partial charge in [0.25, 0.3) is 0 Å². The minimum absolute atomic E-state index is 0.200. The second-order valence-corrected chi connectivity index (χ2v) is 9.45. The van der Waals surface area contributed by atoms with Crippen LogP contribution in [-0.2, 0) is 28.2 Å².